The molecule has 1 N–H and O–H groups in total. The highest BCUT2D eigenvalue weighted by Crippen LogP contribution is 2.18. The van der Waals surface area contributed by atoms with Crippen molar-refractivity contribution in [1.29, 1.82) is 0 Å². The van der Waals surface area contributed by atoms with Crippen molar-refractivity contribution in [3.8, 4) is 5.75 Å². The SMILES string of the molecule is CNc1ccc(COc2ccc([N+](=O)[O-])cc2)cc1. The van der Waals surface area contributed by atoms with E-state index < -0.39 is 4.92 Å². The monoisotopic (exact) mass is 258 g/mol. The molecule has 2 aromatic carbocycles. The van der Waals surface area contributed by atoms with Gasteiger partial charge in [0.15, 0.2) is 0 Å². The summed E-state index contributed by atoms with van der Waals surface area (Å²) in [7, 11) is 1.86. The highest BCUT2D eigenvalue weighted by molar-refractivity contribution is 5.43. The summed E-state index contributed by atoms with van der Waals surface area (Å²) in [5.41, 5.74) is 2.14. The lowest BCUT2D eigenvalue weighted by Gasteiger charge is -2.07. The number of nitro benzene ring substituents is 1. The lowest BCUT2D eigenvalue weighted by molar-refractivity contribution is -0.384. The third-order valence-electron chi connectivity index (χ3n) is 2.70. The maximum Gasteiger partial charge on any atom is 0.269 e. The van der Waals surface area contributed by atoms with E-state index in [0.29, 0.717) is 12.4 Å². The van der Waals surface area contributed by atoms with Gasteiger partial charge in [-0.25, -0.2) is 0 Å². The second kappa shape index (κ2) is 5.86. The number of benzene rings is 2. The first-order valence-electron chi connectivity index (χ1n) is 5.83. The number of rotatable bonds is 5. The highest BCUT2D eigenvalue weighted by Gasteiger charge is 2.04. The Labute approximate surface area is 111 Å². The Morgan fingerprint density at radius 1 is 1.11 bits per heavy atom. The van der Waals surface area contributed by atoms with E-state index in [1.54, 1.807) is 12.1 Å². The van der Waals surface area contributed by atoms with Gasteiger partial charge >= 0.3 is 0 Å². The van der Waals surface area contributed by atoms with E-state index in [1.165, 1.54) is 12.1 Å². The Kier molecular flexibility index (Phi) is 3.97. The summed E-state index contributed by atoms with van der Waals surface area (Å²) in [6.07, 6.45) is 0. The third kappa shape index (κ3) is 3.45. The van der Waals surface area contributed by atoms with Gasteiger partial charge in [0.05, 0.1) is 4.92 Å². The fraction of sp³-hybridized carbons (Fsp3) is 0.143. The van der Waals surface area contributed by atoms with Gasteiger partial charge in [0.2, 0.25) is 0 Å². The van der Waals surface area contributed by atoms with Crippen molar-refractivity contribution in [2.24, 2.45) is 0 Å². The van der Waals surface area contributed by atoms with Crippen LogP contribution in [0.4, 0.5) is 11.4 Å². The first-order valence-corrected chi connectivity index (χ1v) is 5.83. The van der Waals surface area contributed by atoms with Gasteiger partial charge in [0.1, 0.15) is 12.4 Å². The molecule has 0 heterocycles. The van der Waals surface area contributed by atoms with Crippen LogP contribution in [0.3, 0.4) is 0 Å². The molecule has 0 aliphatic heterocycles. The van der Waals surface area contributed by atoms with Gasteiger partial charge < -0.3 is 10.1 Å². The van der Waals surface area contributed by atoms with E-state index in [2.05, 4.69) is 5.32 Å². The first-order chi connectivity index (χ1) is 9.19. The average Bonchev–Trinajstić information content (AvgIpc) is 2.46. The van der Waals surface area contributed by atoms with E-state index in [9.17, 15) is 10.1 Å². The van der Waals surface area contributed by atoms with Gasteiger partial charge in [-0.15, -0.1) is 0 Å². The van der Waals surface area contributed by atoms with Crippen LogP contribution in [0, 0.1) is 10.1 Å². The molecule has 2 rings (SSSR count). The Balaban J connectivity index is 1.95. The normalized spacial score (nSPS) is 9.95. The molecule has 0 saturated heterocycles. The van der Waals surface area contributed by atoms with E-state index >= 15 is 0 Å². The Morgan fingerprint density at radius 3 is 2.26 bits per heavy atom. The summed E-state index contributed by atoms with van der Waals surface area (Å²) in [5.74, 6) is 0.614. The summed E-state index contributed by atoms with van der Waals surface area (Å²) in [6.45, 7) is 0.432. The molecule has 0 atom stereocenters. The zero-order valence-corrected chi connectivity index (χ0v) is 10.5. The minimum absolute atomic E-state index is 0.0609. The van der Waals surface area contributed by atoms with Crippen molar-refractivity contribution in [3.05, 3.63) is 64.2 Å². The number of anilines is 1. The molecule has 5 nitrogen and oxygen atoms in total. The number of nitrogens with one attached hydrogen (secondary N) is 1. The van der Waals surface area contributed by atoms with Gasteiger partial charge in [-0.1, -0.05) is 12.1 Å². The molecular weight excluding hydrogens is 244 g/mol. The molecule has 0 saturated carbocycles. The maximum absolute atomic E-state index is 10.5. The van der Waals surface area contributed by atoms with Crippen molar-refractivity contribution in [3.63, 3.8) is 0 Å². The molecule has 0 aliphatic rings. The van der Waals surface area contributed by atoms with Crippen molar-refractivity contribution in [1.82, 2.24) is 0 Å². The largest absolute Gasteiger partial charge is 0.489 e. The van der Waals surface area contributed by atoms with E-state index in [1.807, 2.05) is 31.3 Å². The van der Waals surface area contributed by atoms with Crippen molar-refractivity contribution >= 4 is 11.4 Å². The summed E-state index contributed by atoms with van der Waals surface area (Å²) in [4.78, 5) is 10.1. The molecular formula is C14H14N2O3. The molecule has 0 unspecified atom stereocenters. The van der Waals surface area contributed by atoms with Crippen LogP contribution in [0.2, 0.25) is 0 Å². The van der Waals surface area contributed by atoms with Crippen LogP contribution in [-0.4, -0.2) is 12.0 Å². The molecule has 19 heavy (non-hydrogen) atoms. The second-order valence-electron chi connectivity index (χ2n) is 3.99. The lowest BCUT2D eigenvalue weighted by Crippen LogP contribution is -1.96. The van der Waals surface area contributed by atoms with Gasteiger partial charge in [-0.3, -0.25) is 10.1 Å². The molecule has 0 radical (unpaired) electrons. The number of non-ortho nitro benzene ring substituents is 1. The molecule has 0 amide bonds. The minimum Gasteiger partial charge on any atom is -0.489 e. The van der Waals surface area contributed by atoms with Gasteiger partial charge in [0, 0.05) is 24.9 Å². The Hall–Kier alpha value is -2.56. The number of nitro groups is 1. The van der Waals surface area contributed by atoms with Crippen molar-refractivity contribution in [2.75, 3.05) is 12.4 Å². The number of nitrogens with zero attached hydrogens (tertiary/aromatic N) is 1. The predicted molar refractivity (Wildman–Crippen MR) is 73.4 cm³/mol. The average molecular weight is 258 g/mol. The molecule has 2 aromatic rings. The summed E-state index contributed by atoms with van der Waals surface area (Å²) >= 11 is 0. The fourth-order valence-corrected chi connectivity index (χ4v) is 1.60. The minimum atomic E-state index is -0.430. The van der Waals surface area contributed by atoms with Gasteiger partial charge in [-0.05, 0) is 29.8 Å². The van der Waals surface area contributed by atoms with E-state index in [-0.39, 0.29) is 5.69 Å². The molecule has 98 valence electrons. The fourth-order valence-electron chi connectivity index (χ4n) is 1.60. The number of ether oxygens (including phenoxy) is 1. The summed E-state index contributed by atoms with van der Waals surface area (Å²) in [5, 5.41) is 13.6. The molecule has 5 heteroatoms. The molecule has 0 fully saturated rings. The van der Waals surface area contributed by atoms with Gasteiger partial charge in [-0.2, -0.15) is 0 Å². The zero-order valence-electron chi connectivity index (χ0n) is 10.5. The topological polar surface area (TPSA) is 64.4 Å². The first kappa shape index (κ1) is 12.9. The molecule has 0 spiro atoms. The van der Waals surface area contributed by atoms with Crippen LogP contribution >= 0.6 is 0 Å². The summed E-state index contributed by atoms with van der Waals surface area (Å²) < 4.78 is 5.56. The smallest absolute Gasteiger partial charge is 0.269 e. The van der Waals surface area contributed by atoms with Gasteiger partial charge in [0.25, 0.3) is 5.69 Å². The lowest BCUT2D eigenvalue weighted by atomic mass is 10.2. The molecule has 0 aromatic heterocycles. The van der Waals surface area contributed by atoms with Crippen molar-refractivity contribution < 1.29 is 9.66 Å². The van der Waals surface area contributed by atoms with E-state index in [0.717, 1.165) is 11.3 Å². The number of hydrogen-bond donors (Lipinski definition) is 1. The van der Waals surface area contributed by atoms with Crippen molar-refractivity contribution in [2.45, 2.75) is 6.61 Å². The van der Waals surface area contributed by atoms with Crippen LogP contribution in [0.25, 0.3) is 0 Å². The quantitative estimate of drug-likeness (QED) is 0.660. The zero-order chi connectivity index (χ0) is 13.7. The van der Waals surface area contributed by atoms with Crippen LogP contribution < -0.4 is 10.1 Å². The van der Waals surface area contributed by atoms with Crippen LogP contribution in [0.5, 0.6) is 5.75 Å². The second-order valence-corrected chi connectivity index (χ2v) is 3.99. The molecule has 0 bridgehead atoms. The third-order valence-corrected chi connectivity index (χ3v) is 2.70. The highest BCUT2D eigenvalue weighted by atomic mass is 16.6. The standard InChI is InChI=1S/C14H14N2O3/c1-15-12-4-2-11(3-5-12)10-19-14-8-6-13(7-9-14)16(17)18/h2-9,15H,10H2,1H3. The predicted octanol–water partition coefficient (Wildman–Crippen LogP) is 3.22. The summed E-state index contributed by atoms with van der Waals surface area (Å²) in [6, 6.07) is 13.9. The van der Waals surface area contributed by atoms with E-state index in [4.69, 9.17) is 4.74 Å². The van der Waals surface area contributed by atoms with Crippen LogP contribution in [0.1, 0.15) is 5.56 Å². The van der Waals surface area contributed by atoms with Crippen LogP contribution in [0.15, 0.2) is 48.5 Å². The number of hydrogen-bond acceptors (Lipinski definition) is 4. The maximum atomic E-state index is 10.5. The Bertz CT molecular complexity index is 550. The Morgan fingerprint density at radius 2 is 1.74 bits per heavy atom. The van der Waals surface area contributed by atoms with Crippen LogP contribution in [-0.2, 0) is 6.61 Å². The molecule has 0 aliphatic carbocycles.